The molecule has 2 N–H and O–H groups in total. The van der Waals surface area contributed by atoms with Crippen LogP contribution in [0, 0.1) is 5.92 Å². The van der Waals surface area contributed by atoms with E-state index in [2.05, 4.69) is 27.4 Å². The summed E-state index contributed by atoms with van der Waals surface area (Å²) in [5, 5.41) is 0. The molecule has 2 heterocycles. The van der Waals surface area contributed by atoms with E-state index in [0.717, 1.165) is 23.3 Å². The third-order valence-electron chi connectivity index (χ3n) is 3.92. The largest absolute Gasteiger partial charge is 0.489 e. The molecule has 3 rings (SSSR count). The number of anilines is 1. The number of aromatic nitrogens is 2. The monoisotopic (exact) mass is 305 g/mol. The molecule has 2 aromatic rings. The Kier molecular flexibility index (Phi) is 4.29. The predicted octanol–water partition coefficient (Wildman–Crippen LogP) is 3.55. The zero-order chi connectivity index (χ0) is 14.8. The van der Waals surface area contributed by atoms with Crippen LogP contribution in [0.25, 0.3) is 11.0 Å². The predicted molar refractivity (Wildman–Crippen MR) is 90.0 cm³/mol. The Hall–Kier alpha value is -1.36. The average molecular weight is 305 g/mol. The van der Waals surface area contributed by atoms with E-state index in [1.165, 1.54) is 24.3 Å². The molecule has 5 heteroatoms. The van der Waals surface area contributed by atoms with Crippen LogP contribution in [0.1, 0.15) is 26.7 Å². The first-order chi connectivity index (χ1) is 10.1. The number of ether oxygens (including phenoxy) is 1. The summed E-state index contributed by atoms with van der Waals surface area (Å²) in [6.45, 7) is 5.02. The average Bonchev–Trinajstić information content (AvgIpc) is 2.77. The van der Waals surface area contributed by atoms with Crippen LogP contribution in [0.3, 0.4) is 0 Å². The number of para-hydroxylation sites is 1. The maximum absolute atomic E-state index is 6.16. The highest BCUT2D eigenvalue weighted by Crippen LogP contribution is 2.31. The molecule has 1 fully saturated rings. The first-order valence-electron chi connectivity index (χ1n) is 7.64. The molecule has 1 aliphatic rings. The van der Waals surface area contributed by atoms with Gasteiger partial charge in [-0.15, -0.1) is 0 Å². The summed E-state index contributed by atoms with van der Waals surface area (Å²) in [6.07, 6.45) is 2.68. The van der Waals surface area contributed by atoms with E-state index in [1.807, 2.05) is 26.0 Å². The van der Waals surface area contributed by atoms with Crippen molar-refractivity contribution >= 4 is 28.7 Å². The number of nitrogens with two attached hydrogens (primary N) is 1. The van der Waals surface area contributed by atoms with Crippen molar-refractivity contribution < 1.29 is 4.74 Å². The molecule has 1 aromatic heterocycles. The Morgan fingerprint density at radius 2 is 2.14 bits per heavy atom. The van der Waals surface area contributed by atoms with Crippen LogP contribution in [-0.4, -0.2) is 27.2 Å². The van der Waals surface area contributed by atoms with Crippen molar-refractivity contribution in [1.29, 1.82) is 0 Å². The fraction of sp³-hybridized carbons (Fsp3) is 0.562. The quantitative estimate of drug-likeness (QED) is 0.938. The summed E-state index contributed by atoms with van der Waals surface area (Å²) < 4.78 is 8.01. The third-order valence-corrected chi connectivity index (χ3v) is 4.96. The van der Waals surface area contributed by atoms with E-state index in [-0.39, 0.29) is 6.10 Å². The number of thioether (sulfide) groups is 1. The van der Waals surface area contributed by atoms with Gasteiger partial charge in [-0.3, -0.25) is 0 Å². The lowest BCUT2D eigenvalue weighted by Gasteiger charge is -2.22. The van der Waals surface area contributed by atoms with Gasteiger partial charge in [-0.25, -0.2) is 4.98 Å². The molecule has 0 aliphatic carbocycles. The molecule has 1 aromatic carbocycles. The number of hydrogen-bond acceptors (Lipinski definition) is 4. The Bertz CT molecular complexity index is 617. The number of imidazole rings is 1. The summed E-state index contributed by atoms with van der Waals surface area (Å²) in [7, 11) is 0. The van der Waals surface area contributed by atoms with Gasteiger partial charge in [0.1, 0.15) is 11.3 Å². The van der Waals surface area contributed by atoms with Crippen molar-refractivity contribution in [2.24, 2.45) is 5.92 Å². The topological polar surface area (TPSA) is 53.1 Å². The standard InChI is InChI=1S/C16H23N3OS/c1-11(2)20-14-5-3-4-13-15(14)18-16(17)19(13)10-12-6-8-21-9-7-12/h3-5,11-12H,6-10H2,1-2H3,(H2,17,18). The van der Waals surface area contributed by atoms with Crippen LogP contribution in [-0.2, 0) is 6.54 Å². The van der Waals surface area contributed by atoms with Crippen LogP contribution in [0.2, 0.25) is 0 Å². The maximum atomic E-state index is 6.16. The molecule has 0 saturated carbocycles. The molecule has 0 bridgehead atoms. The van der Waals surface area contributed by atoms with E-state index in [9.17, 15) is 0 Å². The van der Waals surface area contributed by atoms with Crippen LogP contribution in [0.5, 0.6) is 5.75 Å². The molecular weight excluding hydrogens is 282 g/mol. The van der Waals surface area contributed by atoms with Gasteiger partial charge in [0.2, 0.25) is 5.95 Å². The summed E-state index contributed by atoms with van der Waals surface area (Å²) in [6, 6.07) is 6.08. The zero-order valence-electron chi connectivity index (χ0n) is 12.7. The molecule has 4 nitrogen and oxygen atoms in total. The summed E-state index contributed by atoms with van der Waals surface area (Å²) in [5.41, 5.74) is 8.13. The lowest BCUT2D eigenvalue weighted by molar-refractivity contribution is 0.245. The fourth-order valence-electron chi connectivity index (χ4n) is 2.87. The minimum absolute atomic E-state index is 0.136. The second-order valence-electron chi connectivity index (χ2n) is 5.93. The molecule has 1 aliphatic heterocycles. The van der Waals surface area contributed by atoms with E-state index in [0.29, 0.717) is 11.9 Å². The van der Waals surface area contributed by atoms with Crippen molar-refractivity contribution in [2.45, 2.75) is 39.3 Å². The highest BCUT2D eigenvalue weighted by molar-refractivity contribution is 7.99. The third kappa shape index (κ3) is 3.12. The fourth-order valence-corrected chi connectivity index (χ4v) is 4.07. The van der Waals surface area contributed by atoms with Gasteiger partial charge in [0.15, 0.2) is 0 Å². The summed E-state index contributed by atoms with van der Waals surface area (Å²) in [4.78, 5) is 4.54. The Balaban J connectivity index is 1.93. The minimum atomic E-state index is 0.136. The van der Waals surface area contributed by atoms with Crippen LogP contribution in [0.4, 0.5) is 5.95 Å². The lowest BCUT2D eigenvalue weighted by atomic mass is 10.0. The first kappa shape index (κ1) is 14.6. The van der Waals surface area contributed by atoms with Gasteiger partial charge in [-0.1, -0.05) is 6.07 Å². The van der Waals surface area contributed by atoms with Gasteiger partial charge < -0.3 is 15.0 Å². The van der Waals surface area contributed by atoms with Crippen LogP contribution in [0.15, 0.2) is 18.2 Å². The molecule has 0 unspecified atom stereocenters. The smallest absolute Gasteiger partial charge is 0.201 e. The molecule has 21 heavy (non-hydrogen) atoms. The second kappa shape index (κ2) is 6.18. The Morgan fingerprint density at radius 3 is 2.86 bits per heavy atom. The van der Waals surface area contributed by atoms with E-state index < -0.39 is 0 Å². The molecule has 0 spiro atoms. The van der Waals surface area contributed by atoms with Crippen molar-refractivity contribution in [2.75, 3.05) is 17.2 Å². The molecule has 0 radical (unpaired) electrons. The van der Waals surface area contributed by atoms with E-state index >= 15 is 0 Å². The van der Waals surface area contributed by atoms with Gasteiger partial charge in [0.25, 0.3) is 0 Å². The normalized spacial score (nSPS) is 16.7. The highest BCUT2D eigenvalue weighted by atomic mass is 32.2. The number of nitrogen functional groups attached to an aromatic ring is 1. The second-order valence-corrected chi connectivity index (χ2v) is 7.15. The van der Waals surface area contributed by atoms with Crippen LogP contribution < -0.4 is 10.5 Å². The van der Waals surface area contributed by atoms with Crippen LogP contribution >= 0.6 is 11.8 Å². The van der Waals surface area contributed by atoms with Crippen molar-refractivity contribution in [3.05, 3.63) is 18.2 Å². The minimum Gasteiger partial charge on any atom is -0.489 e. The van der Waals surface area contributed by atoms with Gasteiger partial charge in [-0.2, -0.15) is 11.8 Å². The Labute approximate surface area is 130 Å². The maximum Gasteiger partial charge on any atom is 0.201 e. The number of nitrogens with zero attached hydrogens (tertiary/aromatic N) is 2. The zero-order valence-corrected chi connectivity index (χ0v) is 13.5. The van der Waals surface area contributed by atoms with Crippen molar-refractivity contribution in [1.82, 2.24) is 9.55 Å². The Morgan fingerprint density at radius 1 is 1.38 bits per heavy atom. The lowest BCUT2D eigenvalue weighted by Crippen LogP contribution is -2.17. The van der Waals surface area contributed by atoms with Gasteiger partial charge in [-0.05, 0) is 56.2 Å². The molecule has 0 atom stereocenters. The number of fused-ring (bicyclic) bond motifs is 1. The van der Waals surface area contributed by atoms with E-state index in [1.54, 1.807) is 0 Å². The highest BCUT2D eigenvalue weighted by Gasteiger charge is 2.19. The molecule has 1 saturated heterocycles. The van der Waals surface area contributed by atoms with Crippen molar-refractivity contribution in [3.63, 3.8) is 0 Å². The number of hydrogen-bond donors (Lipinski definition) is 1. The molecule has 0 amide bonds. The molecule has 114 valence electrons. The summed E-state index contributed by atoms with van der Waals surface area (Å²) >= 11 is 2.05. The number of benzene rings is 1. The van der Waals surface area contributed by atoms with Gasteiger partial charge in [0.05, 0.1) is 11.6 Å². The van der Waals surface area contributed by atoms with E-state index in [4.69, 9.17) is 10.5 Å². The first-order valence-corrected chi connectivity index (χ1v) is 8.79. The van der Waals surface area contributed by atoms with Gasteiger partial charge >= 0.3 is 0 Å². The van der Waals surface area contributed by atoms with Gasteiger partial charge in [0, 0.05) is 6.54 Å². The molecular formula is C16H23N3OS. The summed E-state index contributed by atoms with van der Waals surface area (Å²) in [5.74, 6) is 4.66. The van der Waals surface area contributed by atoms with Crippen molar-refractivity contribution in [3.8, 4) is 5.75 Å². The SMILES string of the molecule is CC(C)Oc1cccc2c1nc(N)n2CC1CCSCC1. The number of rotatable bonds is 4.